The highest BCUT2D eigenvalue weighted by atomic mass is 32.1. The molecule has 3 amide bonds. The molecule has 1 aromatic carbocycles. The lowest BCUT2D eigenvalue weighted by atomic mass is 9.84. The maximum absolute atomic E-state index is 15.1. The first-order valence-electron chi connectivity index (χ1n) is 22.7. The lowest BCUT2D eigenvalue weighted by molar-refractivity contribution is -0.150. The Morgan fingerprint density at radius 1 is 1.08 bits per heavy atom. The van der Waals surface area contributed by atoms with E-state index >= 15 is 4.79 Å². The third-order valence-corrected chi connectivity index (χ3v) is 13.3. The maximum atomic E-state index is 15.1. The Hall–Kier alpha value is -4.94. The van der Waals surface area contributed by atoms with Crippen molar-refractivity contribution in [2.24, 2.45) is 23.0 Å². The van der Waals surface area contributed by atoms with Crippen LogP contribution in [0.15, 0.2) is 35.8 Å². The van der Waals surface area contributed by atoms with E-state index in [1.54, 1.807) is 42.2 Å². The number of likely N-dealkylation sites (tertiary alicyclic amines) is 1. The van der Waals surface area contributed by atoms with Gasteiger partial charge in [-0.2, -0.15) is 0 Å². The van der Waals surface area contributed by atoms with Gasteiger partial charge in [0.15, 0.2) is 6.10 Å². The molecule has 1 saturated heterocycles. The SMILES string of the molecule is CCC(C)C(NC(=O)[C@H]1CCCCN1C)C(=O)N(CCCCc1cnnn1CCN)C(CC(OC(C)=O)c1nc(C(=O)NC(Cc2ccc(N)cc2)CC(C)(C)C(=O)O)cs1)C(C)C. The molecule has 1 aliphatic rings. The Bertz CT molecular complexity index is 1990. The molecule has 354 valence electrons. The first-order chi connectivity index (χ1) is 30.3. The molecule has 0 spiro atoms. The van der Waals surface area contributed by atoms with Gasteiger partial charge in [-0.15, -0.1) is 16.4 Å². The quantitative estimate of drug-likeness (QED) is 0.0428. The van der Waals surface area contributed by atoms with Gasteiger partial charge in [0.2, 0.25) is 11.8 Å². The predicted octanol–water partition coefficient (Wildman–Crippen LogP) is 5.00. The molecule has 1 aliphatic heterocycles. The molecule has 4 rings (SSSR count). The number of nitrogen functional groups attached to an aromatic ring is 1. The fourth-order valence-electron chi connectivity index (χ4n) is 8.32. The van der Waals surface area contributed by atoms with Crippen LogP contribution in [0.5, 0.6) is 0 Å². The van der Waals surface area contributed by atoms with Crippen LogP contribution in [0.1, 0.15) is 133 Å². The van der Waals surface area contributed by atoms with Crippen molar-refractivity contribution in [3.8, 4) is 0 Å². The molecule has 0 saturated carbocycles. The molecule has 5 unspecified atom stereocenters. The molecule has 6 atom stereocenters. The molecular formula is C46H72N10O7S. The molecular weight excluding hydrogens is 837 g/mol. The largest absolute Gasteiger partial charge is 0.481 e. The lowest BCUT2D eigenvalue weighted by Gasteiger charge is -2.40. The number of carbonyl (C=O) groups excluding carboxylic acids is 4. The summed E-state index contributed by atoms with van der Waals surface area (Å²) in [4.78, 5) is 76.4. The number of piperidine rings is 1. The Morgan fingerprint density at radius 3 is 2.42 bits per heavy atom. The molecule has 7 N–H and O–H groups in total. The number of carboxylic acids is 1. The van der Waals surface area contributed by atoms with Crippen molar-refractivity contribution in [1.29, 1.82) is 0 Å². The fraction of sp³-hybridized carbons (Fsp3) is 0.652. The summed E-state index contributed by atoms with van der Waals surface area (Å²) in [6.07, 6.45) is 6.88. The number of esters is 1. The van der Waals surface area contributed by atoms with Gasteiger partial charge in [-0.05, 0) is 102 Å². The van der Waals surface area contributed by atoms with E-state index in [9.17, 15) is 24.3 Å². The number of nitrogens with zero attached hydrogens (tertiary/aromatic N) is 6. The summed E-state index contributed by atoms with van der Waals surface area (Å²) in [5.74, 6) is -2.69. The first kappa shape index (κ1) is 51.7. The van der Waals surface area contributed by atoms with Crippen molar-refractivity contribution < 1.29 is 33.8 Å². The van der Waals surface area contributed by atoms with E-state index in [0.29, 0.717) is 56.0 Å². The van der Waals surface area contributed by atoms with Crippen LogP contribution in [-0.4, -0.2) is 115 Å². The fourth-order valence-corrected chi connectivity index (χ4v) is 9.16. The number of hydrogen-bond acceptors (Lipinski definition) is 13. The van der Waals surface area contributed by atoms with Crippen molar-refractivity contribution in [2.45, 2.75) is 149 Å². The van der Waals surface area contributed by atoms with E-state index in [1.807, 2.05) is 51.8 Å². The Balaban J connectivity index is 1.64. The summed E-state index contributed by atoms with van der Waals surface area (Å²) < 4.78 is 7.75. The minimum absolute atomic E-state index is 0.0946. The number of nitrogens with one attached hydrogen (secondary N) is 2. The second-order valence-electron chi connectivity index (χ2n) is 18.3. The second kappa shape index (κ2) is 24.4. The van der Waals surface area contributed by atoms with Gasteiger partial charge in [0.25, 0.3) is 5.91 Å². The molecule has 0 bridgehead atoms. The van der Waals surface area contributed by atoms with E-state index in [1.165, 1.54) is 18.3 Å². The summed E-state index contributed by atoms with van der Waals surface area (Å²) in [5, 5.41) is 26.3. The van der Waals surface area contributed by atoms with Gasteiger partial charge >= 0.3 is 11.9 Å². The summed E-state index contributed by atoms with van der Waals surface area (Å²) >= 11 is 1.17. The van der Waals surface area contributed by atoms with Crippen LogP contribution in [0.2, 0.25) is 0 Å². The van der Waals surface area contributed by atoms with E-state index in [0.717, 1.165) is 43.5 Å². The number of carboxylic acid groups (broad SMARTS) is 1. The highest BCUT2D eigenvalue weighted by Gasteiger charge is 2.39. The number of ether oxygens (including phenoxy) is 1. The number of nitrogens with two attached hydrogens (primary N) is 2. The van der Waals surface area contributed by atoms with Crippen molar-refractivity contribution in [2.75, 3.05) is 32.4 Å². The summed E-state index contributed by atoms with van der Waals surface area (Å²) in [7, 11) is 1.95. The number of benzene rings is 1. The van der Waals surface area contributed by atoms with Gasteiger partial charge in [-0.1, -0.05) is 57.9 Å². The molecule has 18 heteroatoms. The minimum atomic E-state index is -1.14. The van der Waals surface area contributed by atoms with E-state index < -0.39 is 47.5 Å². The summed E-state index contributed by atoms with van der Waals surface area (Å²) in [5.41, 5.74) is 13.1. The molecule has 0 aliphatic carbocycles. The van der Waals surface area contributed by atoms with Crippen LogP contribution >= 0.6 is 11.3 Å². The Labute approximate surface area is 382 Å². The van der Waals surface area contributed by atoms with Crippen LogP contribution in [0.25, 0.3) is 0 Å². The number of unbranched alkanes of at least 4 members (excludes halogenated alkanes) is 1. The van der Waals surface area contributed by atoms with E-state index in [-0.39, 0.29) is 48.2 Å². The molecule has 1 fully saturated rings. The number of anilines is 1. The average Bonchev–Trinajstić information content (AvgIpc) is 3.92. The van der Waals surface area contributed by atoms with Crippen LogP contribution < -0.4 is 22.1 Å². The zero-order chi connectivity index (χ0) is 47.1. The highest BCUT2D eigenvalue weighted by molar-refractivity contribution is 7.09. The smallest absolute Gasteiger partial charge is 0.309 e. The van der Waals surface area contributed by atoms with Gasteiger partial charge < -0.3 is 36.8 Å². The number of thiazole rings is 1. The monoisotopic (exact) mass is 909 g/mol. The highest BCUT2D eigenvalue weighted by Crippen LogP contribution is 2.32. The number of aryl methyl sites for hydroxylation is 1. The first-order valence-corrected chi connectivity index (χ1v) is 23.6. The summed E-state index contributed by atoms with van der Waals surface area (Å²) in [6.45, 7) is 14.7. The maximum Gasteiger partial charge on any atom is 0.309 e. The van der Waals surface area contributed by atoms with Gasteiger partial charge in [0, 0.05) is 49.6 Å². The van der Waals surface area contributed by atoms with Gasteiger partial charge in [-0.3, -0.25) is 28.9 Å². The number of aromatic nitrogens is 4. The zero-order valence-electron chi connectivity index (χ0n) is 39.0. The van der Waals surface area contributed by atoms with Crippen molar-refractivity contribution in [3.05, 3.63) is 57.8 Å². The summed E-state index contributed by atoms with van der Waals surface area (Å²) in [6, 6.07) is 5.06. The molecule has 17 nitrogen and oxygen atoms in total. The van der Waals surface area contributed by atoms with Gasteiger partial charge in [0.1, 0.15) is 16.7 Å². The number of hydrogen-bond donors (Lipinski definition) is 5. The normalized spacial score (nSPS) is 16.9. The number of rotatable bonds is 25. The van der Waals surface area contributed by atoms with Crippen LogP contribution in [-0.2, 0) is 43.3 Å². The standard InChI is InChI=1S/C46H72N10O7S/c1-9-30(4)40(52-42(59)37-15-11-12-21-54(37)8)44(60)55(22-13-10-14-35-27-49-53-56(35)23-20-47)38(29(2)3)25-39(63-31(5)57)43-51-36(28-64-43)41(58)50-34(26-46(6,7)45(61)62)24-32-16-18-33(48)19-17-32/h16-19,27-30,34,37-40H,9-15,20-26,47-48H2,1-8H3,(H,50,58)(H,52,59)(H,61,62)/t30?,34?,37-,38?,39?,40?/m1/s1. The number of aliphatic carboxylic acids is 1. The zero-order valence-corrected chi connectivity index (χ0v) is 39.9. The Morgan fingerprint density at radius 2 is 1.80 bits per heavy atom. The number of amides is 3. The van der Waals surface area contributed by atoms with Crippen molar-refractivity contribution >= 4 is 46.7 Å². The van der Waals surface area contributed by atoms with E-state index in [4.69, 9.17) is 21.2 Å². The van der Waals surface area contributed by atoms with Gasteiger partial charge in [-0.25, -0.2) is 9.67 Å². The minimum Gasteiger partial charge on any atom is -0.481 e. The van der Waals surface area contributed by atoms with Crippen LogP contribution in [0.4, 0.5) is 5.69 Å². The average molecular weight is 909 g/mol. The third-order valence-electron chi connectivity index (χ3n) is 12.4. The Kier molecular flexibility index (Phi) is 19.7. The second-order valence-corrected chi connectivity index (χ2v) is 19.2. The van der Waals surface area contributed by atoms with E-state index in [2.05, 4.69) is 25.8 Å². The lowest BCUT2D eigenvalue weighted by Crippen LogP contribution is -2.59. The predicted molar refractivity (Wildman–Crippen MR) is 247 cm³/mol. The number of likely N-dealkylation sites (N-methyl/N-ethyl adjacent to an activating group) is 1. The van der Waals surface area contributed by atoms with Crippen LogP contribution in [0.3, 0.4) is 0 Å². The van der Waals surface area contributed by atoms with Crippen molar-refractivity contribution in [3.63, 3.8) is 0 Å². The molecule has 2 aromatic heterocycles. The molecule has 3 heterocycles. The number of carbonyl (C=O) groups is 5. The van der Waals surface area contributed by atoms with Crippen LogP contribution in [0, 0.1) is 17.3 Å². The molecule has 64 heavy (non-hydrogen) atoms. The topological polar surface area (TPSA) is 241 Å². The molecule has 3 aromatic rings. The third kappa shape index (κ3) is 14.8. The van der Waals surface area contributed by atoms with Gasteiger partial charge in [0.05, 0.1) is 29.9 Å². The van der Waals surface area contributed by atoms with Crippen molar-refractivity contribution in [1.82, 2.24) is 40.4 Å². The molecule has 0 radical (unpaired) electrons.